The number of nitrogens with zero attached hydrogens (tertiary/aromatic N) is 2. The number of hydrogen-bond donors (Lipinski definition) is 5. The average molecular weight is 609 g/mol. The first-order valence-corrected chi connectivity index (χ1v) is 13.5. The van der Waals surface area contributed by atoms with E-state index < -0.39 is 19.1 Å². The lowest BCUT2D eigenvalue weighted by Crippen LogP contribution is -2.39. The van der Waals surface area contributed by atoms with Gasteiger partial charge in [0.2, 0.25) is 12.3 Å². The van der Waals surface area contributed by atoms with Gasteiger partial charge in [-0.25, -0.2) is 0 Å². The number of hydrogen-bond acceptors (Lipinski definition) is 7. The van der Waals surface area contributed by atoms with Crippen molar-refractivity contribution in [2.24, 2.45) is 10.7 Å². The first kappa shape index (κ1) is 34.3. The molecule has 0 spiro atoms. The Morgan fingerprint density at radius 2 is 1.90 bits per heavy atom. The van der Waals surface area contributed by atoms with Crippen LogP contribution in [-0.2, 0) is 16.1 Å². The lowest BCUT2D eigenvalue weighted by molar-refractivity contribution is -0.138. The Morgan fingerprint density at radius 1 is 1.24 bits per heavy atom. The molecular formula is C29H36ClF3N6O3. The average Bonchev–Trinajstić information content (AvgIpc) is 2.93. The Hall–Kier alpha value is -3.90. The minimum absolute atomic E-state index is 0.0129. The Kier molecular flexibility index (Phi) is 13.5. The van der Waals surface area contributed by atoms with Crippen LogP contribution in [0.2, 0.25) is 5.02 Å². The zero-order chi connectivity index (χ0) is 31.3. The molecule has 1 aliphatic carbocycles. The van der Waals surface area contributed by atoms with Gasteiger partial charge in [0, 0.05) is 54.5 Å². The smallest absolute Gasteiger partial charge is 0.390 e. The maximum Gasteiger partial charge on any atom is 0.390 e. The summed E-state index contributed by atoms with van der Waals surface area (Å²) in [6.45, 7) is 2.08. The molecule has 3 rings (SSSR count). The molecule has 42 heavy (non-hydrogen) atoms. The lowest BCUT2D eigenvalue weighted by atomic mass is 9.87. The van der Waals surface area contributed by atoms with Crippen LogP contribution in [-0.4, -0.2) is 66.2 Å². The molecule has 0 saturated heterocycles. The van der Waals surface area contributed by atoms with Crippen molar-refractivity contribution in [3.05, 3.63) is 76.0 Å². The maximum atomic E-state index is 12.0. The monoisotopic (exact) mass is 608 g/mol. The summed E-state index contributed by atoms with van der Waals surface area (Å²) in [5, 5.41) is 23.4. The molecule has 6 N–H and O–H groups in total. The zero-order valence-electron chi connectivity index (χ0n) is 23.5. The summed E-state index contributed by atoms with van der Waals surface area (Å²) in [4.78, 5) is 27.5. The Labute approximate surface area is 248 Å². The number of allylic oxidation sites excluding steroid dienone is 1. The standard InChI is InChI=1S/C18H25ClN4O.C11H11F3N2O2/c1-12(24)23-14-7-8-15(17(20)11-21-2)18(9-14)22-10-13-5-3-4-6-16(13)19;12-11(13,14)5-6-16(7-17)10(15)8-1-3-9(18)4-2-8/h3-6,14,21H,7-11,20H2,1-2H3,(H,23,24);1-4,7,15,18H,5-6H2/b17-15-,22-18?;. The third kappa shape index (κ3) is 11.5. The first-order chi connectivity index (χ1) is 19.8. The molecule has 1 unspecified atom stereocenters. The SMILES string of the molecule is CNC/C(N)=C1\CCC(NC(C)=O)CC1=NCc1ccccc1Cl.N=C(c1ccc(O)cc1)N(C=O)CCC(F)(F)F. The predicted octanol–water partition coefficient (Wildman–Crippen LogP) is 4.53. The van der Waals surface area contributed by atoms with Gasteiger partial charge in [-0.15, -0.1) is 0 Å². The van der Waals surface area contributed by atoms with Gasteiger partial charge in [0.25, 0.3) is 0 Å². The second kappa shape index (κ2) is 16.5. The summed E-state index contributed by atoms with van der Waals surface area (Å²) < 4.78 is 36.1. The molecule has 228 valence electrons. The van der Waals surface area contributed by atoms with Crippen LogP contribution >= 0.6 is 11.6 Å². The molecule has 2 aromatic rings. The molecule has 0 heterocycles. The van der Waals surface area contributed by atoms with Gasteiger partial charge in [0.15, 0.2) is 0 Å². The van der Waals surface area contributed by atoms with E-state index in [1.807, 2.05) is 31.3 Å². The molecular weight excluding hydrogens is 573 g/mol. The van der Waals surface area contributed by atoms with Crippen molar-refractivity contribution in [1.29, 1.82) is 5.41 Å². The molecule has 1 fully saturated rings. The quantitative estimate of drug-likeness (QED) is 0.161. The third-order valence-corrected chi connectivity index (χ3v) is 6.65. The summed E-state index contributed by atoms with van der Waals surface area (Å²) in [6.07, 6.45) is -2.97. The summed E-state index contributed by atoms with van der Waals surface area (Å²) >= 11 is 6.22. The number of amidine groups is 1. The molecule has 2 aromatic carbocycles. The van der Waals surface area contributed by atoms with Crippen molar-refractivity contribution in [2.75, 3.05) is 20.1 Å². The van der Waals surface area contributed by atoms with Crippen LogP contribution in [0, 0.1) is 5.41 Å². The Balaban J connectivity index is 0.000000307. The lowest BCUT2D eigenvalue weighted by Gasteiger charge is -2.27. The van der Waals surface area contributed by atoms with Gasteiger partial charge in [-0.3, -0.25) is 24.9 Å². The van der Waals surface area contributed by atoms with Gasteiger partial charge in [0.05, 0.1) is 13.0 Å². The van der Waals surface area contributed by atoms with E-state index >= 15 is 0 Å². The van der Waals surface area contributed by atoms with Gasteiger partial charge in [-0.05, 0) is 61.4 Å². The number of carbonyl (C=O) groups excluding carboxylic acids is 2. The number of likely N-dealkylation sites (N-methyl/N-ethyl adjacent to an activating group) is 1. The van der Waals surface area contributed by atoms with Crippen molar-refractivity contribution < 1.29 is 27.9 Å². The number of carbonyl (C=O) groups is 2. The fraction of sp³-hybridized carbons (Fsp3) is 0.379. The number of rotatable bonds is 9. The molecule has 0 radical (unpaired) electrons. The summed E-state index contributed by atoms with van der Waals surface area (Å²) in [6, 6.07) is 13.1. The normalized spacial score (nSPS) is 17.1. The highest BCUT2D eigenvalue weighted by molar-refractivity contribution is 6.31. The van der Waals surface area contributed by atoms with Gasteiger partial charge in [-0.2, -0.15) is 13.2 Å². The molecule has 0 bridgehead atoms. The number of halogens is 4. The number of alkyl halides is 3. The molecule has 0 aromatic heterocycles. The van der Waals surface area contributed by atoms with Gasteiger partial charge >= 0.3 is 6.18 Å². The molecule has 9 nitrogen and oxygen atoms in total. The largest absolute Gasteiger partial charge is 0.508 e. The van der Waals surface area contributed by atoms with Gasteiger partial charge in [-0.1, -0.05) is 29.8 Å². The zero-order valence-corrected chi connectivity index (χ0v) is 24.2. The van der Waals surface area contributed by atoms with Crippen LogP contribution in [0.15, 0.2) is 64.8 Å². The highest BCUT2D eigenvalue weighted by atomic mass is 35.5. The summed E-state index contributed by atoms with van der Waals surface area (Å²) in [5.41, 5.74) is 10.3. The molecule has 2 amide bonds. The third-order valence-electron chi connectivity index (χ3n) is 6.28. The Bertz CT molecular complexity index is 1280. The van der Waals surface area contributed by atoms with E-state index in [0.717, 1.165) is 35.4 Å². The highest BCUT2D eigenvalue weighted by Gasteiger charge is 2.28. The second-order valence-electron chi connectivity index (χ2n) is 9.59. The number of aliphatic imine (C=N–C) groups is 1. The van der Waals surface area contributed by atoms with Crippen molar-refractivity contribution in [1.82, 2.24) is 15.5 Å². The topological polar surface area (TPSA) is 144 Å². The van der Waals surface area contributed by atoms with Crippen molar-refractivity contribution in [3.8, 4) is 5.75 Å². The molecule has 13 heteroatoms. The first-order valence-electron chi connectivity index (χ1n) is 13.2. The number of benzene rings is 2. The van der Waals surface area contributed by atoms with E-state index in [0.29, 0.717) is 29.4 Å². The number of phenolic OH excluding ortho intramolecular Hbond substituents is 1. The van der Waals surface area contributed by atoms with Crippen LogP contribution < -0.4 is 16.4 Å². The number of nitrogens with one attached hydrogen (secondary N) is 3. The van der Waals surface area contributed by atoms with E-state index in [1.165, 1.54) is 24.3 Å². The van der Waals surface area contributed by atoms with E-state index in [2.05, 4.69) is 10.6 Å². The molecule has 1 atom stereocenters. The number of aromatic hydroxyl groups is 1. The van der Waals surface area contributed by atoms with Crippen molar-refractivity contribution in [3.63, 3.8) is 0 Å². The van der Waals surface area contributed by atoms with Crippen LogP contribution in [0.4, 0.5) is 13.2 Å². The second-order valence-corrected chi connectivity index (χ2v) is 10.00. The van der Waals surface area contributed by atoms with E-state index in [9.17, 15) is 22.8 Å². The maximum absolute atomic E-state index is 12.0. The predicted molar refractivity (Wildman–Crippen MR) is 158 cm³/mol. The minimum Gasteiger partial charge on any atom is -0.508 e. The number of amides is 2. The summed E-state index contributed by atoms with van der Waals surface area (Å²) in [7, 11) is 1.87. The van der Waals surface area contributed by atoms with E-state index in [1.54, 1.807) is 6.92 Å². The van der Waals surface area contributed by atoms with Gasteiger partial charge in [0.1, 0.15) is 11.6 Å². The van der Waals surface area contributed by atoms with Crippen molar-refractivity contribution >= 4 is 35.5 Å². The van der Waals surface area contributed by atoms with Crippen molar-refractivity contribution in [2.45, 2.75) is 51.4 Å². The van der Waals surface area contributed by atoms with E-state index in [-0.39, 0.29) is 35.5 Å². The molecule has 0 aliphatic heterocycles. The minimum atomic E-state index is -4.38. The fourth-order valence-electron chi connectivity index (χ4n) is 4.19. The van der Waals surface area contributed by atoms with Crippen LogP contribution in [0.3, 0.4) is 0 Å². The fourth-order valence-corrected chi connectivity index (χ4v) is 4.39. The van der Waals surface area contributed by atoms with Gasteiger partial charge < -0.3 is 21.5 Å². The summed E-state index contributed by atoms with van der Waals surface area (Å²) in [5.74, 6) is -0.380. The Morgan fingerprint density at radius 3 is 2.48 bits per heavy atom. The highest BCUT2D eigenvalue weighted by Crippen LogP contribution is 2.25. The van der Waals surface area contributed by atoms with Crippen LogP contribution in [0.1, 0.15) is 43.7 Å². The molecule has 1 aliphatic rings. The van der Waals surface area contributed by atoms with Crippen LogP contribution in [0.5, 0.6) is 5.75 Å². The van der Waals surface area contributed by atoms with E-state index in [4.69, 9.17) is 32.8 Å². The number of nitrogens with two attached hydrogens (primary N) is 1. The van der Waals surface area contributed by atoms with Crippen LogP contribution in [0.25, 0.3) is 0 Å². The number of phenols is 1. The molecule has 1 saturated carbocycles.